The first-order chi connectivity index (χ1) is 23.8. The molecule has 0 spiro atoms. The summed E-state index contributed by atoms with van der Waals surface area (Å²) in [4.78, 5) is 25.6. The largest absolute Gasteiger partial charge is 0.493 e. The van der Waals surface area contributed by atoms with Crippen molar-refractivity contribution in [3.63, 3.8) is 0 Å². The monoisotopic (exact) mass is 719 g/mol. The van der Waals surface area contributed by atoms with Crippen LogP contribution in [0.1, 0.15) is 0 Å². The van der Waals surface area contributed by atoms with E-state index in [0.29, 0.717) is 76.5 Å². The lowest BCUT2D eigenvalue weighted by Gasteiger charge is -2.27. The maximum absolute atomic E-state index is 6.20. The molecule has 6 rings (SSSR count). The van der Waals surface area contributed by atoms with Crippen LogP contribution in [0.15, 0.2) is 66.7 Å². The van der Waals surface area contributed by atoms with Gasteiger partial charge in [-0.3, -0.25) is 5.32 Å². The van der Waals surface area contributed by atoms with Gasteiger partial charge in [0.2, 0.25) is 29.5 Å². The Morgan fingerprint density at radius 2 is 1.27 bits per heavy atom. The fraction of sp³-hybridized carbons (Fsp3) is 0.212. The quantitative estimate of drug-likeness (QED) is 0.132. The van der Waals surface area contributed by atoms with Crippen molar-refractivity contribution in [1.82, 2.24) is 24.9 Å². The Kier molecular flexibility index (Phi) is 10.7. The highest BCUT2D eigenvalue weighted by molar-refractivity contribution is 7.80. The third-order valence-electron chi connectivity index (χ3n) is 7.30. The smallest absolute Gasteiger partial charge is 0.236 e. The number of nitrogens with one attached hydrogen (secondary N) is 3. The number of halogens is 2. The first-order valence-electron chi connectivity index (χ1n) is 15.0. The number of hydrogen-bond acceptors (Lipinski definition) is 12. The molecule has 0 bridgehead atoms. The molecular formula is C33H31Cl2N9O4S. The van der Waals surface area contributed by atoms with Crippen LogP contribution in [0.25, 0.3) is 22.5 Å². The first-order valence-corrected chi connectivity index (χ1v) is 16.1. The van der Waals surface area contributed by atoms with Gasteiger partial charge in [0.05, 0.1) is 45.9 Å². The zero-order valence-corrected chi connectivity index (χ0v) is 29.0. The topological polar surface area (TPSA) is 141 Å². The van der Waals surface area contributed by atoms with Gasteiger partial charge in [0.1, 0.15) is 0 Å². The standard InChI is InChI=1S/C33H31Cl2N9O4S/c1-45-26-16-20(17-27(46-2)28(26)47-3)25-18-24(19-4-6-21(34)7-5-19)37-29(38-25)39-30-40-31(42-32(41-30)44-12-14-48-15-13-44)43-33(49)36-23-10-8-22(35)9-11-23/h4-11,16-18H,12-15H2,1-3H3,(H3,36,37,38,39,40,41,42,43,49). The van der Waals surface area contributed by atoms with E-state index in [0.717, 1.165) is 11.3 Å². The Hall–Kier alpha value is -5.02. The lowest BCUT2D eigenvalue weighted by Crippen LogP contribution is -2.37. The second-order valence-corrected chi connectivity index (χ2v) is 11.8. The highest BCUT2D eigenvalue weighted by Gasteiger charge is 2.20. The zero-order valence-electron chi connectivity index (χ0n) is 26.7. The molecule has 0 unspecified atom stereocenters. The highest BCUT2D eigenvalue weighted by atomic mass is 35.5. The lowest BCUT2D eigenvalue weighted by atomic mass is 10.1. The molecule has 0 radical (unpaired) electrons. The van der Waals surface area contributed by atoms with Gasteiger partial charge in [-0.2, -0.15) is 15.0 Å². The van der Waals surface area contributed by atoms with Crippen LogP contribution in [-0.2, 0) is 4.74 Å². The van der Waals surface area contributed by atoms with E-state index in [1.165, 1.54) is 0 Å². The van der Waals surface area contributed by atoms with Crippen molar-refractivity contribution in [2.45, 2.75) is 0 Å². The SMILES string of the molecule is COc1cc(-c2cc(-c3ccc(Cl)cc3)nc(Nc3nc(NC(=S)Nc4ccc(Cl)cc4)nc(N4CCOCC4)n3)n2)cc(OC)c1OC. The number of ether oxygens (including phenoxy) is 4. The van der Waals surface area contributed by atoms with Crippen LogP contribution in [0, 0.1) is 0 Å². The van der Waals surface area contributed by atoms with Crippen LogP contribution < -0.4 is 35.1 Å². The number of morpholine rings is 1. The predicted octanol–water partition coefficient (Wildman–Crippen LogP) is 6.72. The molecule has 3 heterocycles. The van der Waals surface area contributed by atoms with Crippen molar-refractivity contribution in [1.29, 1.82) is 0 Å². The molecule has 16 heteroatoms. The summed E-state index contributed by atoms with van der Waals surface area (Å²) < 4.78 is 22.3. The number of benzene rings is 3. The average molecular weight is 721 g/mol. The number of nitrogens with zero attached hydrogens (tertiary/aromatic N) is 6. The van der Waals surface area contributed by atoms with Crippen molar-refractivity contribution >= 4 is 70.0 Å². The molecular weight excluding hydrogens is 689 g/mol. The molecule has 1 saturated heterocycles. The number of hydrogen-bond donors (Lipinski definition) is 3. The van der Waals surface area contributed by atoms with E-state index in [4.69, 9.17) is 69.3 Å². The second-order valence-electron chi connectivity index (χ2n) is 10.5. The molecule has 1 fully saturated rings. The first kappa shape index (κ1) is 33.9. The van der Waals surface area contributed by atoms with E-state index in [1.807, 2.05) is 47.4 Å². The summed E-state index contributed by atoms with van der Waals surface area (Å²) in [6.45, 7) is 2.28. The summed E-state index contributed by atoms with van der Waals surface area (Å²) in [6.07, 6.45) is 0. The number of aromatic nitrogens is 5. The molecule has 252 valence electrons. The third kappa shape index (κ3) is 8.35. The average Bonchev–Trinajstić information content (AvgIpc) is 3.12. The van der Waals surface area contributed by atoms with Crippen LogP contribution in [0.3, 0.4) is 0 Å². The normalized spacial score (nSPS) is 12.6. The highest BCUT2D eigenvalue weighted by Crippen LogP contribution is 2.41. The Morgan fingerprint density at radius 1 is 0.694 bits per heavy atom. The maximum atomic E-state index is 6.20. The molecule has 13 nitrogen and oxygen atoms in total. The second kappa shape index (κ2) is 15.5. The summed E-state index contributed by atoms with van der Waals surface area (Å²) in [6, 6.07) is 20.0. The van der Waals surface area contributed by atoms with Gasteiger partial charge in [-0.15, -0.1) is 0 Å². The van der Waals surface area contributed by atoms with E-state index in [2.05, 4.69) is 25.9 Å². The van der Waals surface area contributed by atoms with Gasteiger partial charge in [0.15, 0.2) is 16.6 Å². The molecule has 1 aliphatic heterocycles. The van der Waals surface area contributed by atoms with Crippen molar-refractivity contribution in [2.24, 2.45) is 0 Å². The Bertz CT molecular complexity index is 1920. The van der Waals surface area contributed by atoms with Gasteiger partial charge in [-0.05, 0) is 66.8 Å². The van der Waals surface area contributed by atoms with Crippen LogP contribution >= 0.6 is 35.4 Å². The molecule has 0 atom stereocenters. The van der Waals surface area contributed by atoms with Crippen molar-refractivity contribution in [3.05, 3.63) is 76.8 Å². The van der Waals surface area contributed by atoms with Crippen molar-refractivity contribution in [3.8, 4) is 39.8 Å². The Morgan fingerprint density at radius 3 is 1.88 bits per heavy atom. The van der Waals surface area contributed by atoms with E-state index < -0.39 is 0 Å². The van der Waals surface area contributed by atoms with Gasteiger partial charge in [-0.25, -0.2) is 9.97 Å². The van der Waals surface area contributed by atoms with Gasteiger partial charge in [-0.1, -0.05) is 35.3 Å². The fourth-order valence-electron chi connectivity index (χ4n) is 4.93. The number of rotatable bonds is 10. The minimum atomic E-state index is 0.192. The Balaban J connectivity index is 1.39. The predicted molar refractivity (Wildman–Crippen MR) is 195 cm³/mol. The number of anilines is 5. The van der Waals surface area contributed by atoms with Crippen molar-refractivity contribution < 1.29 is 18.9 Å². The van der Waals surface area contributed by atoms with E-state index in [1.54, 1.807) is 45.6 Å². The van der Waals surface area contributed by atoms with Crippen LogP contribution in [-0.4, -0.2) is 77.7 Å². The summed E-state index contributed by atoms with van der Waals surface area (Å²) >= 11 is 17.8. The van der Waals surface area contributed by atoms with Crippen LogP contribution in [0.4, 0.5) is 29.5 Å². The molecule has 0 amide bonds. The molecule has 3 aromatic carbocycles. The summed E-state index contributed by atoms with van der Waals surface area (Å²) in [7, 11) is 4.67. The summed E-state index contributed by atoms with van der Waals surface area (Å²) in [5.74, 6) is 2.47. The van der Waals surface area contributed by atoms with E-state index in [-0.39, 0.29) is 23.0 Å². The molecule has 0 saturated carbocycles. The van der Waals surface area contributed by atoms with Gasteiger partial charge in [0, 0.05) is 39.9 Å². The fourth-order valence-corrected chi connectivity index (χ4v) is 5.39. The molecule has 3 N–H and O–H groups in total. The molecule has 49 heavy (non-hydrogen) atoms. The van der Waals surface area contributed by atoms with Gasteiger partial charge >= 0.3 is 0 Å². The van der Waals surface area contributed by atoms with E-state index in [9.17, 15) is 0 Å². The summed E-state index contributed by atoms with van der Waals surface area (Å²) in [5, 5.41) is 10.9. The molecule has 0 aliphatic carbocycles. The van der Waals surface area contributed by atoms with E-state index >= 15 is 0 Å². The maximum Gasteiger partial charge on any atom is 0.236 e. The van der Waals surface area contributed by atoms with Gasteiger partial charge < -0.3 is 34.5 Å². The van der Waals surface area contributed by atoms with Gasteiger partial charge in [0.25, 0.3) is 0 Å². The number of methoxy groups -OCH3 is 3. The third-order valence-corrected chi connectivity index (χ3v) is 8.00. The van der Waals surface area contributed by atoms with Crippen LogP contribution in [0.2, 0.25) is 10.0 Å². The zero-order chi connectivity index (χ0) is 34.3. The molecule has 5 aromatic rings. The summed E-state index contributed by atoms with van der Waals surface area (Å²) in [5.41, 5.74) is 3.44. The van der Waals surface area contributed by atoms with Crippen molar-refractivity contribution in [2.75, 3.05) is 68.5 Å². The van der Waals surface area contributed by atoms with Crippen LogP contribution in [0.5, 0.6) is 17.2 Å². The number of thiocarbonyl (C=S) groups is 1. The minimum absolute atomic E-state index is 0.192. The minimum Gasteiger partial charge on any atom is -0.493 e. The Labute approximate surface area is 298 Å². The molecule has 2 aromatic heterocycles. The lowest BCUT2D eigenvalue weighted by molar-refractivity contribution is 0.122. The molecule has 1 aliphatic rings.